The monoisotopic (exact) mass is 291 g/mol. The number of aliphatic hydroxyl groups excluding tert-OH is 1. The second kappa shape index (κ2) is 5.69. The Morgan fingerprint density at radius 1 is 1.39 bits per heavy atom. The third-order valence-electron chi connectivity index (χ3n) is 3.12. The van der Waals surface area contributed by atoms with Gasteiger partial charge in [-0.3, -0.25) is 0 Å². The maximum Gasteiger partial charge on any atom is 0.250 e. The Morgan fingerprint density at radius 2 is 2.00 bits per heavy atom. The molecule has 0 aromatic carbocycles. The molecule has 0 saturated heterocycles. The van der Waals surface area contributed by atoms with Crippen LogP contribution in [0, 0.1) is 11.3 Å². The minimum atomic E-state index is -3.45. The molecule has 2 N–H and O–H groups in total. The highest BCUT2D eigenvalue weighted by Crippen LogP contribution is 2.26. The molecule has 1 aromatic heterocycles. The van der Waals surface area contributed by atoms with Crippen LogP contribution in [0.3, 0.4) is 0 Å². The number of thiophene rings is 1. The molecule has 0 bridgehead atoms. The zero-order chi connectivity index (χ0) is 14.0. The van der Waals surface area contributed by atoms with Crippen molar-refractivity contribution < 1.29 is 13.5 Å². The van der Waals surface area contributed by atoms with Crippen molar-refractivity contribution in [3.05, 3.63) is 17.0 Å². The number of nitrogens with one attached hydrogen (secondary N) is 1. The van der Waals surface area contributed by atoms with Crippen LogP contribution in [0.5, 0.6) is 0 Å². The van der Waals surface area contributed by atoms with Crippen LogP contribution in [0.15, 0.2) is 16.3 Å². The van der Waals surface area contributed by atoms with Gasteiger partial charge in [0.1, 0.15) is 4.21 Å². The topological polar surface area (TPSA) is 66.4 Å². The minimum Gasteiger partial charge on any atom is -0.391 e. The Hall–Kier alpha value is -0.430. The van der Waals surface area contributed by atoms with E-state index in [0.29, 0.717) is 11.4 Å². The second-order valence-corrected chi connectivity index (χ2v) is 8.66. The first-order chi connectivity index (χ1) is 8.16. The van der Waals surface area contributed by atoms with Gasteiger partial charge < -0.3 is 5.11 Å². The average molecular weight is 291 g/mol. The van der Waals surface area contributed by atoms with Crippen molar-refractivity contribution in [3.63, 3.8) is 0 Å². The standard InChI is InChI=1S/C12H21NO3S2/c1-9(12(2,3)4)7-13-18(15,16)11-6-5-10(8-14)17-11/h5-6,9,13-14H,7-8H2,1-4H3. The van der Waals surface area contributed by atoms with E-state index in [4.69, 9.17) is 5.11 Å². The van der Waals surface area contributed by atoms with Gasteiger partial charge in [-0.15, -0.1) is 11.3 Å². The van der Waals surface area contributed by atoms with E-state index in [0.717, 1.165) is 11.3 Å². The molecular weight excluding hydrogens is 270 g/mol. The van der Waals surface area contributed by atoms with Crippen LogP contribution in [0.2, 0.25) is 0 Å². The molecule has 0 aliphatic heterocycles. The van der Waals surface area contributed by atoms with E-state index in [2.05, 4.69) is 25.5 Å². The summed E-state index contributed by atoms with van der Waals surface area (Å²) in [6.07, 6.45) is 0. The third-order valence-corrected chi connectivity index (χ3v) is 6.10. The van der Waals surface area contributed by atoms with Gasteiger partial charge >= 0.3 is 0 Å². The smallest absolute Gasteiger partial charge is 0.250 e. The Morgan fingerprint density at radius 3 is 2.44 bits per heavy atom. The highest BCUT2D eigenvalue weighted by Gasteiger charge is 2.23. The summed E-state index contributed by atoms with van der Waals surface area (Å²) in [5.41, 5.74) is 0.0637. The Kier molecular flexibility index (Phi) is 4.94. The predicted molar refractivity (Wildman–Crippen MR) is 74.0 cm³/mol. The van der Waals surface area contributed by atoms with Crippen LogP contribution in [-0.4, -0.2) is 20.1 Å². The normalized spacial score (nSPS) is 14.7. The molecule has 104 valence electrons. The van der Waals surface area contributed by atoms with E-state index in [-0.39, 0.29) is 22.1 Å². The summed E-state index contributed by atoms with van der Waals surface area (Å²) in [6.45, 7) is 8.57. The SMILES string of the molecule is CC(CNS(=O)(=O)c1ccc(CO)s1)C(C)(C)C. The van der Waals surface area contributed by atoms with Crippen molar-refractivity contribution in [1.29, 1.82) is 0 Å². The van der Waals surface area contributed by atoms with Gasteiger partial charge in [0.05, 0.1) is 6.61 Å². The molecule has 1 rings (SSSR count). The minimum absolute atomic E-state index is 0.0637. The second-order valence-electron chi connectivity index (χ2n) is 5.50. The van der Waals surface area contributed by atoms with Crippen LogP contribution in [-0.2, 0) is 16.6 Å². The van der Waals surface area contributed by atoms with E-state index in [1.54, 1.807) is 6.07 Å². The molecule has 0 aliphatic rings. The zero-order valence-electron chi connectivity index (χ0n) is 11.2. The Labute approximate surface area is 113 Å². The molecule has 0 radical (unpaired) electrons. The first-order valence-electron chi connectivity index (χ1n) is 5.86. The summed E-state index contributed by atoms with van der Waals surface area (Å²) in [4.78, 5) is 0.652. The number of sulfonamides is 1. The van der Waals surface area contributed by atoms with Crippen LogP contribution in [0.25, 0.3) is 0 Å². The lowest BCUT2D eigenvalue weighted by Crippen LogP contribution is -2.33. The zero-order valence-corrected chi connectivity index (χ0v) is 12.9. The Balaban J connectivity index is 2.71. The first kappa shape index (κ1) is 15.6. The van der Waals surface area contributed by atoms with E-state index in [1.165, 1.54) is 6.07 Å². The summed E-state index contributed by atoms with van der Waals surface area (Å²) in [7, 11) is -3.45. The fourth-order valence-electron chi connectivity index (χ4n) is 1.20. The van der Waals surface area contributed by atoms with Crippen LogP contribution in [0.1, 0.15) is 32.6 Å². The van der Waals surface area contributed by atoms with Gasteiger partial charge in [0.15, 0.2) is 0 Å². The van der Waals surface area contributed by atoms with Gasteiger partial charge in [0.2, 0.25) is 10.0 Å². The summed E-state index contributed by atoms with van der Waals surface area (Å²) < 4.78 is 26.9. The maximum atomic E-state index is 12.0. The lowest BCUT2D eigenvalue weighted by atomic mass is 9.82. The molecule has 0 spiro atoms. The Bertz CT molecular complexity index is 486. The highest BCUT2D eigenvalue weighted by molar-refractivity contribution is 7.91. The lowest BCUT2D eigenvalue weighted by molar-refractivity contribution is 0.263. The quantitative estimate of drug-likeness (QED) is 0.874. The van der Waals surface area contributed by atoms with Gasteiger partial charge in [0, 0.05) is 11.4 Å². The third kappa shape index (κ3) is 4.05. The van der Waals surface area contributed by atoms with Crippen molar-refractivity contribution >= 4 is 21.4 Å². The van der Waals surface area contributed by atoms with Crippen molar-refractivity contribution in [2.45, 2.75) is 38.5 Å². The molecule has 0 aliphatic carbocycles. The fraction of sp³-hybridized carbons (Fsp3) is 0.667. The van der Waals surface area contributed by atoms with Crippen molar-refractivity contribution in [2.24, 2.45) is 11.3 Å². The van der Waals surface area contributed by atoms with E-state index >= 15 is 0 Å². The number of rotatable bonds is 5. The molecule has 1 atom stereocenters. The largest absolute Gasteiger partial charge is 0.391 e. The van der Waals surface area contributed by atoms with E-state index < -0.39 is 10.0 Å². The molecule has 0 fully saturated rings. The highest BCUT2D eigenvalue weighted by atomic mass is 32.2. The predicted octanol–water partition coefficient (Wildman–Crippen LogP) is 2.20. The number of hydrogen-bond acceptors (Lipinski definition) is 4. The van der Waals surface area contributed by atoms with Crippen LogP contribution < -0.4 is 4.72 Å². The van der Waals surface area contributed by atoms with Gasteiger partial charge in [-0.25, -0.2) is 13.1 Å². The summed E-state index contributed by atoms with van der Waals surface area (Å²) in [5, 5.41) is 8.94. The van der Waals surface area contributed by atoms with Gasteiger partial charge in [-0.2, -0.15) is 0 Å². The molecule has 0 amide bonds. The van der Waals surface area contributed by atoms with E-state index in [1.807, 2.05) is 6.92 Å². The van der Waals surface area contributed by atoms with Gasteiger partial charge in [-0.1, -0.05) is 27.7 Å². The average Bonchev–Trinajstić information content (AvgIpc) is 2.73. The maximum absolute atomic E-state index is 12.0. The summed E-state index contributed by atoms with van der Waals surface area (Å²) in [6, 6.07) is 3.16. The van der Waals surface area contributed by atoms with Gasteiger partial charge in [0.25, 0.3) is 0 Å². The molecule has 6 heteroatoms. The molecular formula is C12H21NO3S2. The molecule has 1 aromatic rings. The summed E-state index contributed by atoms with van der Waals surface area (Å²) >= 11 is 1.10. The van der Waals surface area contributed by atoms with Crippen LogP contribution >= 0.6 is 11.3 Å². The van der Waals surface area contributed by atoms with Gasteiger partial charge in [-0.05, 0) is 23.5 Å². The molecule has 0 saturated carbocycles. The van der Waals surface area contributed by atoms with Crippen molar-refractivity contribution in [2.75, 3.05) is 6.54 Å². The molecule has 4 nitrogen and oxygen atoms in total. The first-order valence-corrected chi connectivity index (χ1v) is 8.16. The van der Waals surface area contributed by atoms with Crippen LogP contribution in [0.4, 0.5) is 0 Å². The lowest BCUT2D eigenvalue weighted by Gasteiger charge is -2.27. The number of aliphatic hydroxyl groups is 1. The molecule has 1 unspecified atom stereocenters. The van der Waals surface area contributed by atoms with E-state index in [9.17, 15) is 8.42 Å². The molecule has 1 heterocycles. The molecule has 18 heavy (non-hydrogen) atoms. The van der Waals surface area contributed by atoms with Crippen molar-refractivity contribution in [3.8, 4) is 0 Å². The fourth-order valence-corrected chi connectivity index (χ4v) is 3.59. The summed E-state index contributed by atoms with van der Waals surface area (Å²) in [5.74, 6) is 0.240. The van der Waals surface area contributed by atoms with Crippen molar-refractivity contribution in [1.82, 2.24) is 4.72 Å². The number of hydrogen-bond donors (Lipinski definition) is 2.